The molecule has 6 nitrogen and oxygen atoms in total. The molecule has 0 N–H and O–H groups in total. The predicted molar refractivity (Wildman–Crippen MR) is 73.3 cm³/mol. The molecule has 2 fully saturated rings. The first-order chi connectivity index (χ1) is 9.60. The van der Waals surface area contributed by atoms with E-state index < -0.39 is 0 Å². The lowest BCUT2D eigenvalue weighted by Crippen LogP contribution is -2.52. The highest BCUT2D eigenvalue weighted by Crippen LogP contribution is 2.19. The first-order valence-electron chi connectivity index (χ1n) is 7.32. The summed E-state index contributed by atoms with van der Waals surface area (Å²) in [7, 11) is 1.36. The number of carbonyl (C=O) groups is 2. The van der Waals surface area contributed by atoms with Crippen LogP contribution < -0.4 is 0 Å². The number of hydrogen-bond acceptors (Lipinski definition) is 4. The molecule has 0 spiro atoms. The zero-order valence-electron chi connectivity index (χ0n) is 12.3. The number of piperidine rings is 1. The Kier molecular flexibility index (Phi) is 5.23. The van der Waals surface area contributed by atoms with Gasteiger partial charge in [0.15, 0.2) is 0 Å². The number of methoxy groups -OCH3 is 1. The zero-order chi connectivity index (χ0) is 14.5. The Hall–Kier alpha value is -1.30. The van der Waals surface area contributed by atoms with Crippen molar-refractivity contribution in [3.8, 4) is 0 Å². The molecular formula is C14H24N2O4. The lowest BCUT2D eigenvalue weighted by atomic mass is 9.99. The fraction of sp³-hybridized carbons (Fsp3) is 0.857. The minimum atomic E-state index is -0.295. The molecule has 114 valence electrons. The molecule has 1 atom stereocenters. The highest BCUT2D eigenvalue weighted by molar-refractivity contribution is 5.75. The van der Waals surface area contributed by atoms with Gasteiger partial charge in [0.2, 0.25) is 0 Å². The van der Waals surface area contributed by atoms with Gasteiger partial charge in [0, 0.05) is 26.2 Å². The third kappa shape index (κ3) is 3.85. The first-order valence-corrected chi connectivity index (χ1v) is 7.32. The van der Waals surface area contributed by atoms with Crippen molar-refractivity contribution in [2.24, 2.45) is 5.92 Å². The van der Waals surface area contributed by atoms with Crippen molar-refractivity contribution in [1.82, 2.24) is 9.80 Å². The van der Waals surface area contributed by atoms with E-state index in [1.165, 1.54) is 7.11 Å². The molecule has 2 saturated heterocycles. The van der Waals surface area contributed by atoms with Crippen molar-refractivity contribution >= 4 is 12.0 Å². The molecule has 2 aliphatic rings. The Morgan fingerprint density at radius 3 is 2.55 bits per heavy atom. The molecule has 1 unspecified atom stereocenters. The van der Waals surface area contributed by atoms with Gasteiger partial charge in [-0.3, -0.25) is 4.79 Å². The van der Waals surface area contributed by atoms with Crippen LogP contribution in [0.3, 0.4) is 0 Å². The standard InChI is InChI=1S/C14H24N2O4/c1-11-3-5-15(6-4-11)14(18)16-7-8-20-12(10-16)9-13(17)19-2/h11-12H,3-10H2,1-2H3. The molecule has 6 heteroatoms. The number of morpholine rings is 1. The van der Waals surface area contributed by atoms with Crippen LogP contribution in [0.25, 0.3) is 0 Å². The van der Waals surface area contributed by atoms with Gasteiger partial charge in [-0.2, -0.15) is 0 Å². The number of rotatable bonds is 2. The monoisotopic (exact) mass is 284 g/mol. The molecule has 0 aromatic rings. The maximum atomic E-state index is 12.4. The Bertz CT molecular complexity index is 353. The summed E-state index contributed by atoms with van der Waals surface area (Å²) in [5, 5.41) is 0. The van der Waals surface area contributed by atoms with E-state index in [0.29, 0.717) is 25.6 Å². The third-order valence-electron chi connectivity index (χ3n) is 4.09. The van der Waals surface area contributed by atoms with Crippen LogP contribution in [0.4, 0.5) is 4.79 Å². The second-order valence-electron chi connectivity index (χ2n) is 5.67. The van der Waals surface area contributed by atoms with Gasteiger partial charge >= 0.3 is 12.0 Å². The summed E-state index contributed by atoms with van der Waals surface area (Å²) in [6.45, 7) is 5.45. The lowest BCUT2D eigenvalue weighted by molar-refractivity contribution is -0.145. The molecule has 0 aromatic carbocycles. The Labute approximate surface area is 120 Å². The van der Waals surface area contributed by atoms with Crippen LogP contribution in [0.15, 0.2) is 0 Å². The number of ether oxygens (including phenoxy) is 2. The van der Waals surface area contributed by atoms with Crippen LogP contribution in [0, 0.1) is 5.92 Å². The molecule has 0 radical (unpaired) electrons. The van der Waals surface area contributed by atoms with Gasteiger partial charge in [-0.1, -0.05) is 6.92 Å². The number of likely N-dealkylation sites (tertiary alicyclic amines) is 1. The van der Waals surface area contributed by atoms with Crippen molar-refractivity contribution in [2.45, 2.75) is 32.3 Å². The first kappa shape index (κ1) is 15.1. The van der Waals surface area contributed by atoms with E-state index in [2.05, 4.69) is 11.7 Å². The molecule has 0 aromatic heterocycles. The summed E-state index contributed by atoms with van der Waals surface area (Å²) < 4.78 is 10.2. The molecule has 2 aliphatic heterocycles. The molecule has 2 heterocycles. The van der Waals surface area contributed by atoms with Crippen molar-refractivity contribution < 1.29 is 19.1 Å². The van der Waals surface area contributed by atoms with Gasteiger partial charge in [-0.25, -0.2) is 4.79 Å². The van der Waals surface area contributed by atoms with E-state index in [-0.39, 0.29) is 24.5 Å². The number of carbonyl (C=O) groups excluding carboxylic acids is 2. The van der Waals surface area contributed by atoms with Crippen LogP contribution in [-0.4, -0.2) is 67.8 Å². The Morgan fingerprint density at radius 1 is 1.20 bits per heavy atom. The van der Waals surface area contributed by atoms with Crippen LogP contribution in [0.1, 0.15) is 26.2 Å². The van der Waals surface area contributed by atoms with Gasteiger partial charge in [0.1, 0.15) is 0 Å². The second-order valence-corrected chi connectivity index (χ2v) is 5.67. The van der Waals surface area contributed by atoms with Crippen molar-refractivity contribution in [1.29, 1.82) is 0 Å². The van der Waals surface area contributed by atoms with Crippen molar-refractivity contribution in [3.05, 3.63) is 0 Å². The number of urea groups is 1. The largest absolute Gasteiger partial charge is 0.469 e. The number of hydrogen-bond donors (Lipinski definition) is 0. The maximum Gasteiger partial charge on any atom is 0.320 e. The summed E-state index contributed by atoms with van der Waals surface area (Å²) >= 11 is 0. The molecule has 2 amide bonds. The van der Waals surface area contributed by atoms with Crippen LogP contribution in [0.5, 0.6) is 0 Å². The minimum absolute atomic E-state index is 0.0788. The quantitative estimate of drug-likeness (QED) is 0.713. The normalized spacial score (nSPS) is 24.6. The van der Waals surface area contributed by atoms with Crippen molar-refractivity contribution in [3.63, 3.8) is 0 Å². The average Bonchev–Trinajstić information content (AvgIpc) is 2.47. The highest BCUT2D eigenvalue weighted by atomic mass is 16.5. The molecule has 0 saturated carbocycles. The second kappa shape index (κ2) is 6.92. The van der Waals surface area contributed by atoms with Gasteiger partial charge in [0.05, 0.1) is 26.2 Å². The van der Waals surface area contributed by atoms with Gasteiger partial charge in [0.25, 0.3) is 0 Å². The van der Waals surface area contributed by atoms with Crippen LogP contribution in [-0.2, 0) is 14.3 Å². The Balaban J connectivity index is 1.85. The SMILES string of the molecule is COC(=O)CC1CN(C(=O)N2CCC(C)CC2)CCO1. The third-order valence-corrected chi connectivity index (χ3v) is 4.09. The van der Waals surface area contributed by atoms with E-state index in [1.54, 1.807) is 4.90 Å². The summed E-state index contributed by atoms with van der Waals surface area (Å²) in [6, 6.07) is 0.0788. The van der Waals surface area contributed by atoms with Crippen LogP contribution in [0.2, 0.25) is 0 Å². The maximum absolute atomic E-state index is 12.4. The van der Waals surface area contributed by atoms with Crippen molar-refractivity contribution in [2.75, 3.05) is 39.9 Å². The zero-order valence-corrected chi connectivity index (χ0v) is 12.3. The average molecular weight is 284 g/mol. The highest BCUT2D eigenvalue weighted by Gasteiger charge is 2.30. The van der Waals surface area contributed by atoms with E-state index in [4.69, 9.17) is 4.74 Å². The number of amides is 2. The number of esters is 1. The van der Waals surface area contributed by atoms with E-state index >= 15 is 0 Å². The fourth-order valence-electron chi connectivity index (χ4n) is 2.69. The molecule has 20 heavy (non-hydrogen) atoms. The van der Waals surface area contributed by atoms with Gasteiger partial charge in [-0.05, 0) is 18.8 Å². The fourth-order valence-corrected chi connectivity index (χ4v) is 2.69. The number of nitrogens with zero attached hydrogens (tertiary/aromatic N) is 2. The lowest BCUT2D eigenvalue weighted by Gasteiger charge is -2.38. The molecular weight excluding hydrogens is 260 g/mol. The Morgan fingerprint density at radius 2 is 1.90 bits per heavy atom. The van der Waals surface area contributed by atoms with E-state index in [1.807, 2.05) is 4.90 Å². The van der Waals surface area contributed by atoms with E-state index in [9.17, 15) is 9.59 Å². The predicted octanol–water partition coefficient (Wildman–Crippen LogP) is 1.10. The minimum Gasteiger partial charge on any atom is -0.469 e. The van der Waals surface area contributed by atoms with Crippen LogP contribution >= 0.6 is 0 Å². The summed E-state index contributed by atoms with van der Waals surface area (Å²) in [5.74, 6) is 0.409. The van der Waals surface area contributed by atoms with Gasteiger partial charge in [-0.15, -0.1) is 0 Å². The topological polar surface area (TPSA) is 59.1 Å². The summed E-state index contributed by atoms with van der Waals surface area (Å²) in [6.07, 6.45) is 2.10. The molecule has 2 rings (SSSR count). The van der Waals surface area contributed by atoms with E-state index in [0.717, 1.165) is 25.9 Å². The van der Waals surface area contributed by atoms with Gasteiger partial charge < -0.3 is 19.3 Å². The summed E-state index contributed by atoms with van der Waals surface area (Å²) in [4.78, 5) is 27.4. The smallest absolute Gasteiger partial charge is 0.320 e. The summed E-state index contributed by atoms with van der Waals surface area (Å²) in [5.41, 5.74) is 0. The molecule has 0 bridgehead atoms. The molecule has 0 aliphatic carbocycles.